The van der Waals surface area contributed by atoms with E-state index in [2.05, 4.69) is 28.1 Å². The summed E-state index contributed by atoms with van der Waals surface area (Å²) >= 11 is 0. The van der Waals surface area contributed by atoms with Crippen LogP contribution in [-0.4, -0.2) is 15.3 Å². The molecule has 2 heterocycles. The fraction of sp³-hybridized carbons (Fsp3) is 0.200. The molecule has 0 fully saturated rings. The highest BCUT2D eigenvalue weighted by atomic mass is 16.1. The predicted octanol–water partition coefficient (Wildman–Crippen LogP) is 4.06. The van der Waals surface area contributed by atoms with Gasteiger partial charge in [-0.05, 0) is 30.5 Å². The number of carbonyl (C=O) groups is 1. The van der Waals surface area contributed by atoms with E-state index in [1.807, 2.05) is 36.4 Å². The normalized spacial score (nSPS) is 19.8. The molecular formula is C20H17N3O. The summed E-state index contributed by atoms with van der Waals surface area (Å²) in [7, 11) is 0. The van der Waals surface area contributed by atoms with Crippen molar-refractivity contribution in [1.82, 2.24) is 9.55 Å². The predicted molar refractivity (Wildman–Crippen MR) is 93.8 cm³/mol. The first-order chi connectivity index (χ1) is 11.8. The smallest absolute Gasteiger partial charge is 0.209 e. The molecule has 0 saturated heterocycles. The zero-order valence-electron chi connectivity index (χ0n) is 13.2. The molecule has 2 aromatic carbocycles. The molecule has 1 unspecified atom stereocenters. The van der Waals surface area contributed by atoms with Gasteiger partial charge in [0.1, 0.15) is 0 Å². The molecule has 4 nitrogen and oxygen atoms in total. The van der Waals surface area contributed by atoms with Crippen LogP contribution in [0.5, 0.6) is 0 Å². The molecule has 0 spiro atoms. The Morgan fingerprint density at radius 2 is 1.79 bits per heavy atom. The van der Waals surface area contributed by atoms with Crippen LogP contribution in [0.2, 0.25) is 0 Å². The fourth-order valence-electron chi connectivity index (χ4n) is 3.92. The second kappa shape index (κ2) is 5.06. The number of fused-ring (bicyclic) bond motifs is 3. The van der Waals surface area contributed by atoms with Crippen LogP contribution in [0.15, 0.2) is 65.9 Å². The quantitative estimate of drug-likeness (QED) is 0.736. The van der Waals surface area contributed by atoms with E-state index in [0.717, 1.165) is 46.7 Å². The lowest BCUT2D eigenvalue weighted by molar-refractivity contribution is -0.116. The van der Waals surface area contributed by atoms with E-state index in [1.165, 1.54) is 0 Å². The highest BCUT2D eigenvalue weighted by molar-refractivity contribution is 6.00. The topological polar surface area (TPSA) is 46.9 Å². The number of hydrogen-bond donors (Lipinski definition) is 1. The van der Waals surface area contributed by atoms with E-state index in [1.54, 1.807) is 0 Å². The van der Waals surface area contributed by atoms with E-state index in [-0.39, 0.29) is 11.8 Å². The molecule has 1 aromatic heterocycles. The van der Waals surface area contributed by atoms with Crippen molar-refractivity contribution in [3.05, 3.63) is 71.4 Å². The first-order valence-corrected chi connectivity index (χ1v) is 8.38. The molecule has 2 aliphatic rings. The summed E-state index contributed by atoms with van der Waals surface area (Å²) in [5.74, 6) is 1.08. The zero-order chi connectivity index (χ0) is 16.1. The third kappa shape index (κ3) is 1.86. The average molecular weight is 315 g/mol. The Morgan fingerprint density at radius 1 is 1.00 bits per heavy atom. The third-order valence-corrected chi connectivity index (χ3v) is 4.96. The van der Waals surface area contributed by atoms with Crippen LogP contribution in [0.3, 0.4) is 0 Å². The van der Waals surface area contributed by atoms with Gasteiger partial charge >= 0.3 is 0 Å². The van der Waals surface area contributed by atoms with Gasteiger partial charge in [-0.1, -0.05) is 42.5 Å². The molecular weight excluding hydrogens is 298 g/mol. The number of carbonyl (C=O) groups excluding carboxylic acids is 1. The fourth-order valence-corrected chi connectivity index (χ4v) is 3.92. The molecule has 0 bridgehead atoms. The summed E-state index contributed by atoms with van der Waals surface area (Å²) in [4.78, 5) is 17.5. The summed E-state index contributed by atoms with van der Waals surface area (Å²) in [5, 5.41) is 3.43. The molecule has 24 heavy (non-hydrogen) atoms. The highest BCUT2D eigenvalue weighted by Crippen LogP contribution is 2.42. The maximum atomic E-state index is 12.7. The van der Waals surface area contributed by atoms with Gasteiger partial charge in [0.15, 0.2) is 5.78 Å². The summed E-state index contributed by atoms with van der Waals surface area (Å²) in [6.07, 6.45) is 2.45. The van der Waals surface area contributed by atoms with Crippen LogP contribution in [0.4, 0.5) is 5.95 Å². The average Bonchev–Trinajstić information content (AvgIpc) is 2.99. The monoisotopic (exact) mass is 315 g/mol. The van der Waals surface area contributed by atoms with Crippen molar-refractivity contribution in [2.75, 3.05) is 5.32 Å². The van der Waals surface area contributed by atoms with Gasteiger partial charge in [0.05, 0.1) is 17.1 Å². The Labute approximate surface area is 139 Å². The number of nitrogens with one attached hydrogen (secondary N) is 1. The van der Waals surface area contributed by atoms with E-state index < -0.39 is 0 Å². The van der Waals surface area contributed by atoms with E-state index in [0.29, 0.717) is 6.42 Å². The van der Waals surface area contributed by atoms with Gasteiger partial charge < -0.3 is 5.32 Å². The van der Waals surface area contributed by atoms with Gasteiger partial charge in [-0.15, -0.1) is 0 Å². The lowest BCUT2D eigenvalue weighted by Gasteiger charge is -2.33. The lowest BCUT2D eigenvalue weighted by atomic mass is 9.85. The number of ketones is 1. The Bertz CT molecular complexity index is 985. The van der Waals surface area contributed by atoms with Gasteiger partial charge in [0.2, 0.25) is 5.95 Å². The number of rotatable bonds is 1. The van der Waals surface area contributed by atoms with Crippen molar-refractivity contribution in [1.29, 1.82) is 0 Å². The standard InChI is InChI=1S/C20H17N3O/c24-17-12-6-10-15-18(17)19(13-7-2-1-3-8-13)23-16-11-5-4-9-14(16)21-20(23)22-15/h1-5,7-9,11,19H,6,10,12H2,(H,21,22). The molecule has 1 atom stereocenters. The van der Waals surface area contributed by atoms with Gasteiger partial charge in [-0.2, -0.15) is 0 Å². The van der Waals surface area contributed by atoms with Gasteiger partial charge in [0, 0.05) is 17.7 Å². The Morgan fingerprint density at radius 3 is 2.67 bits per heavy atom. The zero-order valence-corrected chi connectivity index (χ0v) is 13.2. The first-order valence-electron chi connectivity index (χ1n) is 8.38. The van der Waals surface area contributed by atoms with Crippen molar-refractivity contribution in [3.63, 3.8) is 0 Å². The number of benzene rings is 2. The summed E-state index contributed by atoms with van der Waals surface area (Å²) in [5.41, 5.74) is 5.09. The second-order valence-corrected chi connectivity index (χ2v) is 6.40. The molecule has 1 N–H and O–H groups in total. The molecule has 4 heteroatoms. The molecule has 0 amide bonds. The number of hydrogen-bond acceptors (Lipinski definition) is 3. The minimum atomic E-state index is -0.0994. The Balaban J connectivity index is 1.83. The van der Waals surface area contributed by atoms with Crippen LogP contribution < -0.4 is 5.32 Å². The third-order valence-electron chi connectivity index (χ3n) is 4.96. The minimum absolute atomic E-state index is 0.0994. The number of nitrogens with zero attached hydrogens (tertiary/aromatic N) is 2. The SMILES string of the molecule is O=C1CCCC2=C1C(c1ccccc1)n1c(nc3ccccc31)N2. The number of allylic oxidation sites excluding steroid dienone is 2. The van der Waals surface area contributed by atoms with Crippen LogP contribution in [0.25, 0.3) is 11.0 Å². The van der Waals surface area contributed by atoms with E-state index >= 15 is 0 Å². The van der Waals surface area contributed by atoms with Crippen LogP contribution in [0, 0.1) is 0 Å². The lowest BCUT2D eigenvalue weighted by Crippen LogP contribution is -2.30. The van der Waals surface area contributed by atoms with Crippen molar-refractivity contribution in [2.24, 2.45) is 0 Å². The van der Waals surface area contributed by atoms with Crippen LogP contribution in [-0.2, 0) is 4.79 Å². The first kappa shape index (κ1) is 13.5. The van der Waals surface area contributed by atoms with E-state index in [4.69, 9.17) is 4.98 Å². The summed E-state index contributed by atoms with van der Waals surface area (Å²) in [6.45, 7) is 0. The summed E-state index contributed by atoms with van der Waals surface area (Å²) in [6, 6.07) is 18.3. The highest BCUT2D eigenvalue weighted by Gasteiger charge is 2.36. The Kier molecular flexibility index (Phi) is 2.86. The van der Waals surface area contributed by atoms with Crippen LogP contribution in [0.1, 0.15) is 30.9 Å². The van der Waals surface area contributed by atoms with Crippen molar-refractivity contribution < 1.29 is 4.79 Å². The molecule has 0 radical (unpaired) electrons. The van der Waals surface area contributed by atoms with Gasteiger partial charge in [-0.3, -0.25) is 9.36 Å². The van der Waals surface area contributed by atoms with Gasteiger partial charge in [-0.25, -0.2) is 4.98 Å². The maximum absolute atomic E-state index is 12.7. The van der Waals surface area contributed by atoms with Crippen LogP contribution >= 0.6 is 0 Å². The van der Waals surface area contributed by atoms with Crippen molar-refractivity contribution in [3.8, 4) is 0 Å². The van der Waals surface area contributed by atoms with E-state index in [9.17, 15) is 4.79 Å². The van der Waals surface area contributed by atoms with Crippen molar-refractivity contribution >= 4 is 22.8 Å². The Hall–Kier alpha value is -2.88. The minimum Gasteiger partial charge on any atom is -0.329 e. The molecule has 1 aliphatic heterocycles. The molecule has 3 aromatic rings. The molecule has 118 valence electrons. The summed E-state index contributed by atoms with van der Waals surface area (Å²) < 4.78 is 2.17. The molecule has 1 aliphatic carbocycles. The number of imidazole rings is 1. The number of Topliss-reactive ketones (excluding diaryl/α,β-unsaturated/α-hetero) is 1. The molecule has 5 rings (SSSR count). The number of anilines is 1. The molecule has 0 saturated carbocycles. The second-order valence-electron chi connectivity index (χ2n) is 6.40. The van der Waals surface area contributed by atoms with Gasteiger partial charge in [0.25, 0.3) is 0 Å². The number of para-hydroxylation sites is 2. The largest absolute Gasteiger partial charge is 0.329 e. The maximum Gasteiger partial charge on any atom is 0.209 e. The number of aromatic nitrogens is 2. The van der Waals surface area contributed by atoms with Crippen molar-refractivity contribution in [2.45, 2.75) is 25.3 Å².